The Morgan fingerprint density at radius 3 is 2.63 bits per heavy atom. The van der Waals surface area contributed by atoms with Crippen molar-refractivity contribution in [3.8, 4) is 0 Å². The molecular formula is C21H22ClIN2O5. The van der Waals surface area contributed by atoms with Gasteiger partial charge in [-0.1, -0.05) is 28.9 Å². The number of halogens is 2. The summed E-state index contributed by atoms with van der Waals surface area (Å²) in [5.41, 5.74) is 0.909. The highest BCUT2D eigenvalue weighted by atomic mass is 127. The first-order valence-electron chi connectivity index (χ1n) is 9.59. The summed E-state index contributed by atoms with van der Waals surface area (Å²) in [6, 6.07) is 8.05. The van der Waals surface area contributed by atoms with E-state index in [1.54, 1.807) is 18.2 Å². The minimum Gasteiger partial charge on any atom is -0.391 e. The summed E-state index contributed by atoms with van der Waals surface area (Å²) in [4.78, 5) is 39.3. The Morgan fingerprint density at radius 2 is 2.03 bits per heavy atom. The third kappa shape index (κ3) is 5.89. The Labute approximate surface area is 192 Å². The van der Waals surface area contributed by atoms with Gasteiger partial charge in [0.25, 0.3) is 0 Å². The van der Waals surface area contributed by atoms with Crippen LogP contribution >= 0.6 is 34.2 Å². The Bertz CT molecular complexity index is 930. The molecule has 9 heteroatoms. The molecule has 0 aliphatic carbocycles. The van der Waals surface area contributed by atoms with Crippen molar-refractivity contribution in [1.82, 2.24) is 10.1 Å². The predicted octanol–water partition coefficient (Wildman–Crippen LogP) is 2.84. The Hall–Kier alpha value is -1.78. The molecule has 3 rings (SSSR count). The minimum absolute atomic E-state index is 0.0132. The molecule has 1 N–H and O–H groups in total. The molecule has 1 aromatic carbocycles. The van der Waals surface area contributed by atoms with Crippen LogP contribution < -0.4 is 0 Å². The maximum Gasteiger partial charge on any atom is 0.231 e. The molecule has 1 aliphatic rings. The standard InChI is InChI=1S/C21H22ClIN2O5/c1-12(26)14(6-13-2-4-15(22)5-3-13)7-19(28)18-8-16(27)11-25(18)21(29)10-17-9-20(23)24-30-17/h2-5,9,14,16,18,27H,6-8,10-11H2,1H3/t14-,16+,18-/m0/s1. The third-order valence-electron chi connectivity index (χ3n) is 5.24. The summed E-state index contributed by atoms with van der Waals surface area (Å²) in [5, 5.41) is 14.4. The van der Waals surface area contributed by atoms with Gasteiger partial charge in [-0.15, -0.1) is 0 Å². The highest BCUT2D eigenvalue weighted by Crippen LogP contribution is 2.25. The normalized spacial score (nSPS) is 19.7. The summed E-state index contributed by atoms with van der Waals surface area (Å²) in [5.74, 6) is -0.716. The number of benzene rings is 1. The van der Waals surface area contributed by atoms with Gasteiger partial charge >= 0.3 is 0 Å². The molecular weight excluding hydrogens is 523 g/mol. The Balaban J connectivity index is 1.68. The van der Waals surface area contributed by atoms with Crippen LogP contribution in [0, 0.1) is 9.62 Å². The lowest BCUT2D eigenvalue weighted by molar-refractivity contribution is -0.138. The van der Waals surface area contributed by atoms with E-state index in [2.05, 4.69) is 5.16 Å². The van der Waals surface area contributed by atoms with E-state index in [-0.39, 0.29) is 43.3 Å². The second kappa shape index (κ2) is 10.0. The maximum absolute atomic E-state index is 13.0. The first-order chi connectivity index (χ1) is 14.2. The molecule has 1 fully saturated rings. The summed E-state index contributed by atoms with van der Waals surface area (Å²) in [6.45, 7) is 1.55. The fraction of sp³-hybridized carbons (Fsp3) is 0.429. The van der Waals surface area contributed by atoms with Gasteiger partial charge in [0.05, 0.1) is 18.6 Å². The van der Waals surface area contributed by atoms with Crippen LogP contribution in [0.2, 0.25) is 5.02 Å². The second-order valence-corrected chi connectivity index (χ2v) is 9.09. The van der Waals surface area contributed by atoms with Crippen LogP contribution in [0.25, 0.3) is 0 Å². The SMILES string of the molecule is CC(=O)[C@H](CC(=O)[C@@H]1C[C@@H](O)CN1C(=O)Cc1cc(I)no1)Cc1ccc(Cl)cc1. The maximum atomic E-state index is 13.0. The molecule has 0 bridgehead atoms. The number of aliphatic hydroxyl groups is 1. The smallest absolute Gasteiger partial charge is 0.231 e. The molecule has 0 spiro atoms. The first kappa shape index (κ1) is 22.9. The van der Waals surface area contributed by atoms with Gasteiger partial charge in [0.15, 0.2) is 5.78 Å². The van der Waals surface area contributed by atoms with Crippen molar-refractivity contribution in [2.75, 3.05) is 6.54 Å². The topological polar surface area (TPSA) is 101 Å². The number of Topliss-reactive ketones (excluding diaryl/α,β-unsaturated/α-hetero) is 2. The number of hydrogen-bond acceptors (Lipinski definition) is 6. The van der Waals surface area contributed by atoms with Crippen LogP contribution in [-0.2, 0) is 27.2 Å². The van der Waals surface area contributed by atoms with E-state index in [9.17, 15) is 19.5 Å². The molecule has 0 unspecified atom stereocenters. The molecule has 2 heterocycles. The van der Waals surface area contributed by atoms with E-state index in [1.807, 2.05) is 34.7 Å². The van der Waals surface area contributed by atoms with Crippen LogP contribution in [0.1, 0.15) is 31.1 Å². The summed E-state index contributed by atoms with van der Waals surface area (Å²) >= 11 is 7.89. The van der Waals surface area contributed by atoms with Crippen LogP contribution in [0.4, 0.5) is 0 Å². The molecule has 0 saturated carbocycles. The molecule has 160 valence electrons. The van der Waals surface area contributed by atoms with Gasteiger partial charge in [0.1, 0.15) is 15.2 Å². The number of nitrogens with zero attached hydrogens (tertiary/aromatic N) is 2. The largest absolute Gasteiger partial charge is 0.391 e. The molecule has 1 aromatic heterocycles. The molecule has 3 atom stereocenters. The quantitative estimate of drug-likeness (QED) is 0.513. The number of carbonyl (C=O) groups excluding carboxylic acids is 3. The summed E-state index contributed by atoms with van der Waals surface area (Å²) in [7, 11) is 0. The van der Waals surface area contributed by atoms with E-state index >= 15 is 0 Å². The Morgan fingerprint density at radius 1 is 1.33 bits per heavy atom. The van der Waals surface area contributed by atoms with Crippen molar-refractivity contribution < 1.29 is 24.0 Å². The van der Waals surface area contributed by atoms with Crippen molar-refractivity contribution in [2.45, 2.75) is 44.8 Å². The predicted molar refractivity (Wildman–Crippen MR) is 118 cm³/mol. The molecule has 1 aliphatic heterocycles. The van der Waals surface area contributed by atoms with Gasteiger partial charge in [-0.3, -0.25) is 14.4 Å². The van der Waals surface area contributed by atoms with Crippen molar-refractivity contribution >= 4 is 51.7 Å². The summed E-state index contributed by atoms with van der Waals surface area (Å²) < 4.78 is 5.72. The zero-order chi connectivity index (χ0) is 21.8. The van der Waals surface area contributed by atoms with Crippen molar-refractivity contribution in [2.24, 2.45) is 5.92 Å². The number of aromatic nitrogens is 1. The van der Waals surface area contributed by atoms with Gasteiger partial charge in [0, 0.05) is 36.4 Å². The fourth-order valence-corrected chi connectivity index (χ4v) is 4.23. The van der Waals surface area contributed by atoms with E-state index in [0.29, 0.717) is 20.9 Å². The van der Waals surface area contributed by atoms with E-state index in [1.165, 1.54) is 11.8 Å². The number of aliphatic hydroxyl groups excluding tert-OH is 1. The van der Waals surface area contributed by atoms with Crippen molar-refractivity contribution in [1.29, 1.82) is 0 Å². The molecule has 1 saturated heterocycles. The highest BCUT2D eigenvalue weighted by molar-refractivity contribution is 14.1. The lowest BCUT2D eigenvalue weighted by Crippen LogP contribution is -2.42. The molecule has 7 nitrogen and oxygen atoms in total. The lowest BCUT2D eigenvalue weighted by Gasteiger charge is -2.24. The van der Waals surface area contributed by atoms with Crippen LogP contribution in [-0.4, -0.2) is 51.3 Å². The number of carbonyl (C=O) groups is 3. The average Bonchev–Trinajstić information content (AvgIpc) is 3.28. The monoisotopic (exact) mass is 544 g/mol. The van der Waals surface area contributed by atoms with Gasteiger partial charge in [-0.25, -0.2) is 0 Å². The Kier molecular flexibility index (Phi) is 7.65. The van der Waals surface area contributed by atoms with Crippen LogP contribution in [0.3, 0.4) is 0 Å². The molecule has 1 amide bonds. The van der Waals surface area contributed by atoms with Crippen LogP contribution in [0.5, 0.6) is 0 Å². The number of likely N-dealkylation sites (tertiary alicyclic amines) is 1. The first-order valence-corrected chi connectivity index (χ1v) is 11.0. The zero-order valence-corrected chi connectivity index (χ0v) is 19.3. The van der Waals surface area contributed by atoms with Gasteiger partial charge in [-0.2, -0.15) is 0 Å². The van der Waals surface area contributed by atoms with Gasteiger partial charge < -0.3 is 14.5 Å². The van der Waals surface area contributed by atoms with E-state index < -0.39 is 18.1 Å². The number of ketones is 2. The number of β-amino-alcohol motifs (C(OH)–C–C–N with tert-alkyl or cyclic N) is 1. The number of rotatable bonds is 8. The van der Waals surface area contributed by atoms with Crippen LogP contribution in [0.15, 0.2) is 34.9 Å². The lowest BCUT2D eigenvalue weighted by atomic mass is 9.89. The average molecular weight is 545 g/mol. The minimum atomic E-state index is -0.773. The third-order valence-corrected chi connectivity index (χ3v) is 6.00. The molecule has 30 heavy (non-hydrogen) atoms. The molecule has 2 aromatic rings. The summed E-state index contributed by atoms with van der Waals surface area (Å²) in [6.07, 6.45) is -0.209. The van der Waals surface area contributed by atoms with Gasteiger partial charge in [0.2, 0.25) is 5.91 Å². The molecule has 0 radical (unpaired) electrons. The number of hydrogen-bond donors (Lipinski definition) is 1. The second-order valence-electron chi connectivity index (χ2n) is 7.55. The van der Waals surface area contributed by atoms with Crippen molar-refractivity contribution in [3.05, 3.63) is 50.4 Å². The number of amides is 1. The van der Waals surface area contributed by atoms with E-state index in [4.69, 9.17) is 16.1 Å². The van der Waals surface area contributed by atoms with E-state index in [0.717, 1.165) is 5.56 Å². The highest BCUT2D eigenvalue weighted by Gasteiger charge is 2.39. The van der Waals surface area contributed by atoms with Gasteiger partial charge in [-0.05, 0) is 53.6 Å². The zero-order valence-electron chi connectivity index (χ0n) is 16.4. The fourth-order valence-electron chi connectivity index (χ4n) is 3.66. The van der Waals surface area contributed by atoms with Crippen molar-refractivity contribution in [3.63, 3.8) is 0 Å².